The van der Waals surface area contributed by atoms with Gasteiger partial charge in [-0.05, 0) is 24.3 Å². The molecule has 0 saturated carbocycles. The van der Waals surface area contributed by atoms with Crippen LogP contribution in [0.3, 0.4) is 0 Å². The van der Waals surface area contributed by atoms with Gasteiger partial charge in [0.05, 0.1) is 21.9 Å². The Morgan fingerprint density at radius 1 is 1.09 bits per heavy atom. The molecule has 1 aliphatic rings. The van der Waals surface area contributed by atoms with Crippen molar-refractivity contribution in [3.63, 3.8) is 0 Å². The second-order valence-electron chi connectivity index (χ2n) is 7.45. The van der Waals surface area contributed by atoms with E-state index < -0.39 is 11.5 Å². The molecule has 4 aromatic rings. The highest BCUT2D eigenvalue weighted by Gasteiger charge is 2.36. The van der Waals surface area contributed by atoms with Gasteiger partial charge in [-0.3, -0.25) is 0 Å². The predicted octanol–water partition coefficient (Wildman–Crippen LogP) is 4.00. The van der Waals surface area contributed by atoms with Crippen molar-refractivity contribution in [2.24, 2.45) is 5.73 Å². The van der Waals surface area contributed by atoms with Crippen molar-refractivity contribution >= 4 is 22.6 Å². The van der Waals surface area contributed by atoms with Gasteiger partial charge >= 0.3 is 5.63 Å². The van der Waals surface area contributed by atoms with E-state index in [9.17, 15) is 10.1 Å². The molecular formula is C25H17ClN3O3+. The lowest BCUT2D eigenvalue weighted by Crippen LogP contribution is -2.35. The minimum absolute atomic E-state index is 0.0257. The fourth-order valence-corrected chi connectivity index (χ4v) is 4.23. The Balaban J connectivity index is 1.68. The Bertz CT molecular complexity index is 1500. The van der Waals surface area contributed by atoms with Gasteiger partial charge in [-0.25, -0.2) is 9.36 Å². The van der Waals surface area contributed by atoms with E-state index in [4.69, 9.17) is 26.5 Å². The first-order valence-electron chi connectivity index (χ1n) is 9.92. The van der Waals surface area contributed by atoms with Crippen LogP contribution < -0.4 is 20.7 Å². The van der Waals surface area contributed by atoms with E-state index in [-0.39, 0.29) is 17.0 Å². The van der Waals surface area contributed by atoms with Crippen LogP contribution in [-0.2, 0) is 6.54 Å². The summed E-state index contributed by atoms with van der Waals surface area (Å²) in [7, 11) is 0. The van der Waals surface area contributed by atoms with E-state index in [0.717, 1.165) is 5.56 Å². The molecule has 0 spiro atoms. The van der Waals surface area contributed by atoms with Gasteiger partial charge < -0.3 is 14.9 Å². The second kappa shape index (κ2) is 7.88. The fraction of sp³-hybridized carbons (Fsp3) is 0.0800. The van der Waals surface area contributed by atoms with Crippen molar-refractivity contribution in [1.82, 2.24) is 0 Å². The molecule has 6 nitrogen and oxygen atoms in total. The molecule has 0 amide bonds. The second-order valence-corrected chi connectivity index (χ2v) is 7.86. The van der Waals surface area contributed by atoms with Crippen molar-refractivity contribution in [3.8, 4) is 11.8 Å². The molecule has 1 unspecified atom stereocenters. The maximum Gasteiger partial charge on any atom is 0.344 e. The summed E-state index contributed by atoms with van der Waals surface area (Å²) < 4.78 is 13.3. The standard InChI is InChI=1S/C25H17ClN3O3/c26-19-9-3-1-6-15(19)13-29-11-5-7-16(14-29)21-18(12-27)24(28)32-23-17-8-2-4-10-20(17)31-25(30)22(21)23/h1-11,14,21H,13,28H2/q+1. The summed E-state index contributed by atoms with van der Waals surface area (Å²) in [6.07, 6.45) is 3.78. The normalized spacial score (nSPS) is 15.2. The highest BCUT2D eigenvalue weighted by Crippen LogP contribution is 2.43. The molecule has 1 atom stereocenters. The number of halogens is 1. The largest absolute Gasteiger partial charge is 0.439 e. The van der Waals surface area contributed by atoms with Gasteiger partial charge in [0.1, 0.15) is 17.2 Å². The number of nitriles is 1. The van der Waals surface area contributed by atoms with Gasteiger partial charge in [-0.2, -0.15) is 5.26 Å². The smallest absolute Gasteiger partial charge is 0.344 e. The van der Waals surface area contributed by atoms with Crippen LogP contribution in [0, 0.1) is 11.3 Å². The molecule has 0 radical (unpaired) electrons. The molecule has 32 heavy (non-hydrogen) atoms. The van der Waals surface area contributed by atoms with Gasteiger partial charge in [0.2, 0.25) is 5.88 Å². The number of hydrogen-bond acceptors (Lipinski definition) is 5. The van der Waals surface area contributed by atoms with Crippen LogP contribution in [0.5, 0.6) is 5.75 Å². The lowest BCUT2D eigenvalue weighted by Gasteiger charge is -2.25. The number of ether oxygens (including phenoxy) is 1. The lowest BCUT2D eigenvalue weighted by atomic mass is 9.84. The Kier molecular flexibility index (Phi) is 4.89. The van der Waals surface area contributed by atoms with Gasteiger partial charge in [-0.1, -0.05) is 41.9 Å². The Morgan fingerprint density at radius 2 is 1.88 bits per heavy atom. The molecule has 156 valence electrons. The fourth-order valence-electron chi connectivity index (χ4n) is 4.03. The summed E-state index contributed by atoms with van der Waals surface area (Å²) in [5.74, 6) is -0.426. The summed E-state index contributed by atoms with van der Waals surface area (Å²) in [5, 5.41) is 11.1. The Labute approximate surface area is 188 Å². The van der Waals surface area contributed by atoms with Crippen LogP contribution in [0.15, 0.2) is 93.7 Å². The number of para-hydroxylation sites is 1. The van der Waals surface area contributed by atoms with Crippen molar-refractivity contribution in [2.75, 3.05) is 0 Å². The number of aromatic nitrogens is 1. The molecule has 2 aromatic carbocycles. The van der Waals surface area contributed by atoms with Crippen LogP contribution in [0.2, 0.25) is 5.02 Å². The first kappa shape index (κ1) is 19.9. The molecular weight excluding hydrogens is 426 g/mol. The van der Waals surface area contributed by atoms with Crippen LogP contribution in [0.1, 0.15) is 22.6 Å². The number of nitrogens with two attached hydrogens (primary N) is 1. The van der Waals surface area contributed by atoms with Crippen molar-refractivity contribution in [3.05, 3.63) is 117 Å². The van der Waals surface area contributed by atoms with Gasteiger partial charge in [0.25, 0.3) is 0 Å². The first-order valence-corrected chi connectivity index (χ1v) is 10.3. The zero-order chi connectivity index (χ0) is 22.2. The van der Waals surface area contributed by atoms with Crippen LogP contribution >= 0.6 is 11.6 Å². The number of hydrogen-bond donors (Lipinski definition) is 1. The molecule has 5 rings (SSSR count). The Hall–Kier alpha value is -4.08. The topological polar surface area (TPSA) is 93.1 Å². The third-order valence-electron chi connectivity index (χ3n) is 5.50. The molecule has 0 saturated heterocycles. The van der Waals surface area contributed by atoms with Gasteiger partial charge in [0.15, 0.2) is 24.7 Å². The molecule has 2 aromatic heterocycles. The minimum Gasteiger partial charge on any atom is -0.439 e. The van der Waals surface area contributed by atoms with E-state index in [0.29, 0.717) is 33.8 Å². The highest BCUT2D eigenvalue weighted by molar-refractivity contribution is 6.31. The lowest BCUT2D eigenvalue weighted by molar-refractivity contribution is -0.688. The highest BCUT2D eigenvalue weighted by atomic mass is 35.5. The quantitative estimate of drug-likeness (QED) is 0.382. The van der Waals surface area contributed by atoms with Crippen LogP contribution in [0.4, 0.5) is 0 Å². The number of benzene rings is 2. The maximum absolute atomic E-state index is 13.0. The zero-order valence-electron chi connectivity index (χ0n) is 16.8. The number of pyridine rings is 1. The van der Waals surface area contributed by atoms with E-state index >= 15 is 0 Å². The number of fused-ring (bicyclic) bond motifs is 3. The van der Waals surface area contributed by atoms with E-state index in [1.807, 2.05) is 59.4 Å². The number of rotatable bonds is 3. The summed E-state index contributed by atoms with van der Waals surface area (Å²) in [6.45, 7) is 0.525. The summed E-state index contributed by atoms with van der Waals surface area (Å²) in [6, 6.07) is 20.5. The zero-order valence-corrected chi connectivity index (χ0v) is 17.5. The van der Waals surface area contributed by atoms with E-state index in [1.165, 1.54) is 0 Å². The summed E-state index contributed by atoms with van der Waals surface area (Å²) in [4.78, 5) is 13.0. The monoisotopic (exact) mass is 442 g/mol. The average Bonchev–Trinajstić information content (AvgIpc) is 2.80. The van der Waals surface area contributed by atoms with Crippen molar-refractivity contribution in [2.45, 2.75) is 12.5 Å². The average molecular weight is 443 g/mol. The summed E-state index contributed by atoms with van der Waals surface area (Å²) >= 11 is 6.32. The minimum atomic E-state index is -0.719. The predicted molar refractivity (Wildman–Crippen MR) is 119 cm³/mol. The van der Waals surface area contributed by atoms with Crippen LogP contribution in [-0.4, -0.2) is 0 Å². The van der Waals surface area contributed by atoms with Crippen molar-refractivity contribution < 1.29 is 13.7 Å². The molecule has 3 heterocycles. The first-order chi connectivity index (χ1) is 15.6. The van der Waals surface area contributed by atoms with Crippen LogP contribution in [0.25, 0.3) is 11.0 Å². The van der Waals surface area contributed by atoms with E-state index in [1.54, 1.807) is 18.2 Å². The number of allylic oxidation sites excluding steroid dienone is 1. The molecule has 7 heteroatoms. The molecule has 0 fully saturated rings. The SMILES string of the molecule is N#CC1=C(N)Oc2c(c(=O)oc3ccccc23)C1c1ccc[n+](Cc2ccccc2Cl)c1. The van der Waals surface area contributed by atoms with Gasteiger partial charge in [0, 0.05) is 17.2 Å². The molecule has 0 bridgehead atoms. The molecule has 0 aliphatic carbocycles. The van der Waals surface area contributed by atoms with E-state index in [2.05, 4.69) is 6.07 Å². The summed E-state index contributed by atoms with van der Waals surface area (Å²) in [5.41, 5.74) is 8.04. The molecule has 1 aliphatic heterocycles. The number of nitrogens with zero attached hydrogens (tertiary/aromatic N) is 2. The molecule has 2 N–H and O–H groups in total. The maximum atomic E-state index is 13.0. The third kappa shape index (κ3) is 3.29. The Morgan fingerprint density at radius 3 is 2.69 bits per heavy atom. The third-order valence-corrected chi connectivity index (χ3v) is 5.87. The van der Waals surface area contributed by atoms with Crippen molar-refractivity contribution in [1.29, 1.82) is 5.26 Å². The van der Waals surface area contributed by atoms with Gasteiger partial charge in [-0.15, -0.1) is 0 Å².